The van der Waals surface area contributed by atoms with Gasteiger partial charge in [-0.3, -0.25) is 15.0 Å². The smallest absolute Gasteiger partial charge is 0.157 e. The fourth-order valence-electron chi connectivity index (χ4n) is 5.21. The van der Waals surface area contributed by atoms with Crippen LogP contribution in [0.3, 0.4) is 0 Å². The van der Waals surface area contributed by atoms with Gasteiger partial charge in [-0.05, 0) is 92.1 Å². The summed E-state index contributed by atoms with van der Waals surface area (Å²) in [5.41, 5.74) is 11.9. The molecule has 0 saturated heterocycles. The van der Waals surface area contributed by atoms with Crippen LogP contribution < -0.4 is 10.6 Å². The monoisotopic (exact) mass is 539 g/mol. The maximum Gasteiger partial charge on any atom is 0.157 e. The summed E-state index contributed by atoms with van der Waals surface area (Å²) in [6, 6.07) is 22.6. The minimum atomic E-state index is 0.664. The average molecular weight is 540 g/mol. The molecular weight excluding hydrogens is 510 g/mol. The number of aromatic nitrogens is 5. The Balaban J connectivity index is 1.14. The highest BCUT2D eigenvalue weighted by molar-refractivity contribution is 5.95. The number of pyridine rings is 3. The summed E-state index contributed by atoms with van der Waals surface area (Å²) in [5, 5.41) is 8.08. The lowest BCUT2D eigenvalue weighted by atomic mass is 9.99. The number of nitrogens with zero attached hydrogens (tertiary/aromatic N) is 4. The van der Waals surface area contributed by atoms with Gasteiger partial charge in [0.2, 0.25) is 0 Å². The Kier molecular flexibility index (Phi) is 6.37. The van der Waals surface area contributed by atoms with E-state index in [9.17, 15) is 0 Å². The first-order valence-corrected chi connectivity index (χ1v) is 13.7. The zero-order chi connectivity index (χ0) is 27.8. The molecule has 0 saturated carbocycles. The maximum absolute atomic E-state index is 5.50. The van der Waals surface area contributed by atoms with Gasteiger partial charge in [0.25, 0.3) is 0 Å². The Bertz CT molecular complexity index is 1920. The van der Waals surface area contributed by atoms with Crippen LogP contribution in [0.2, 0.25) is 0 Å². The van der Waals surface area contributed by atoms with Gasteiger partial charge in [0, 0.05) is 40.0 Å². The van der Waals surface area contributed by atoms with E-state index < -0.39 is 0 Å². The van der Waals surface area contributed by atoms with Crippen molar-refractivity contribution in [2.24, 2.45) is 0 Å². The molecule has 5 heterocycles. The lowest BCUT2D eigenvalue weighted by molar-refractivity contribution is 0.161. The van der Waals surface area contributed by atoms with Gasteiger partial charge in [-0.25, -0.2) is 4.98 Å². The summed E-state index contributed by atoms with van der Waals surface area (Å²) in [7, 11) is 0. The number of aryl methyl sites for hydroxylation is 2. The van der Waals surface area contributed by atoms with Gasteiger partial charge in [-0.15, -0.1) is 0 Å². The zero-order valence-corrected chi connectivity index (χ0v) is 22.9. The molecule has 0 fully saturated rings. The summed E-state index contributed by atoms with van der Waals surface area (Å²) in [6.07, 6.45) is 6.73. The third kappa shape index (κ3) is 5.25. The number of rotatable bonds is 6. The Morgan fingerprint density at radius 2 is 1.66 bits per heavy atom. The highest BCUT2D eigenvalue weighted by Gasteiger charge is 2.12. The van der Waals surface area contributed by atoms with Crippen molar-refractivity contribution in [2.75, 3.05) is 23.8 Å². The molecule has 0 aliphatic carbocycles. The number of fused-ring (bicyclic) bond motifs is 2. The molecule has 0 amide bonds. The number of anilines is 4. The van der Waals surface area contributed by atoms with E-state index >= 15 is 0 Å². The third-order valence-electron chi connectivity index (χ3n) is 7.22. The van der Waals surface area contributed by atoms with Crippen molar-refractivity contribution < 1.29 is 4.74 Å². The number of benzene rings is 2. The standard InChI is InChI=1S/C33H29N7O/c1-20-15-25(9-12-34-20)37-24-4-7-29-32(18-24)40-33(39-29)30-8-5-26(19-35-30)38-31-16-21(2)36-28-6-3-23(17-27(28)31)22-10-13-41-14-11-22/h3-10,12,15-19H,11,13-14H2,1-2H3,(H,34,37)(H,36,38)(H,39,40). The summed E-state index contributed by atoms with van der Waals surface area (Å²) in [5.74, 6) is 0.725. The van der Waals surface area contributed by atoms with Gasteiger partial charge in [-0.1, -0.05) is 12.1 Å². The van der Waals surface area contributed by atoms with E-state index in [-0.39, 0.29) is 0 Å². The van der Waals surface area contributed by atoms with Crippen LogP contribution in [0.25, 0.3) is 39.0 Å². The third-order valence-corrected chi connectivity index (χ3v) is 7.22. The van der Waals surface area contributed by atoms with Crippen LogP contribution in [0.15, 0.2) is 85.2 Å². The average Bonchev–Trinajstić information content (AvgIpc) is 3.41. The topological polar surface area (TPSA) is 101 Å². The predicted molar refractivity (Wildman–Crippen MR) is 165 cm³/mol. The summed E-state index contributed by atoms with van der Waals surface area (Å²) >= 11 is 0. The number of hydrogen-bond donors (Lipinski definition) is 3. The van der Waals surface area contributed by atoms with Crippen molar-refractivity contribution in [3.05, 3.63) is 102 Å². The van der Waals surface area contributed by atoms with Crippen LogP contribution in [0.1, 0.15) is 23.4 Å². The Morgan fingerprint density at radius 1 is 0.780 bits per heavy atom. The molecule has 1 aliphatic heterocycles. The van der Waals surface area contributed by atoms with E-state index in [2.05, 4.69) is 57.0 Å². The molecule has 7 rings (SSSR count). The molecule has 3 N–H and O–H groups in total. The highest BCUT2D eigenvalue weighted by Crippen LogP contribution is 2.31. The van der Waals surface area contributed by atoms with Gasteiger partial charge < -0.3 is 20.4 Å². The first kappa shape index (κ1) is 24.9. The molecular formula is C33H29N7O. The van der Waals surface area contributed by atoms with Gasteiger partial charge in [-0.2, -0.15) is 0 Å². The second-order valence-corrected chi connectivity index (χ2v) is 10.3. The first-order chi connectivity index (χ1) is 20.1. The van der Waals surface area contributed by atoms with Gasteiger partial charge in [0.15, 0.2) is 5.82 Å². The molecule has 0 radical (unpaired) electrons. The highest BCUT2D eigenvalue weighted by atomic mass is 16.5. The van der Waals surface area contributed by atoms with Crippen molar-refractivity contribution in [3.8, 4) is 11.5 Å². The van der Waals surface area contributed by atoms with Gasteiger partial charge in [0.05, 0.1) is 41.6 Å². The second-order valence-electron chi connectivity index (χ2n) is 10.3. The zero-order valence-electron chi connectivity index (χ0n) is 22.9. The Labute approximate surface area is 237 Å². The van der Waals surface area contributed by atoms with Crippen LogP contribution in [0.5, 0.6) is 0 Å². The molecule has 2 aromatic carbocycles. The van der Waals surface area contributed by atoms with Crippen molar-refractivity contribution in [3.63, 3.8) is 0 Å². The number of H-pyrrole nitrogens is 1. The molecule has 1 aliphatic rings. The van der Waals surface area contributed by atoms with E-state index in [1.54, 1.807) is 6.20 Å². The van der Waals surface area contributed by atoms with E-state index in [1.165, 1.54) is 11.1 Å². The molecule has 8 heteroatoms. The second kappa shape index (κ2) is 10.5. The van der Waals surface area contributed by atoms with Crippen LogP contribution in [0.4, 0.5) is 22.7 Å². The maximum atomic E-state index is 5.50. The number of aromatic amines is 1. The van der Waals surface area contributed by atoms with Crippen molar-refractivity contribution >= 4 is 50.3 Å². The summed E-state index contributed by atoms with van der Waals surface area (Å²) < 4.78 is 5.50. The van der Waals surface area contributed by atoms with Crippen molar-refractivity contribution in [1.82, 2.24) is 24.9 Å². The van der Waals surface area contributed by atoms with Crippen LogP contribution in [-0.4, -0.2) is 38.1 Å². The molecule has 6 aromatic rings. The summed E-state index contributed by atoms with van der Waals surface area (Å²) in [4.78, 5) is 21.9. The van der Waals surface area contributed by atoms with E-state index in [1.807, 2.05) is 56.4 Å². The van der Waals surface area contributed by atoms with Gasteiger partial charge in [0.1, 0.15) is 5.69 Å². The van der Waals surface area contributed by atoms with Crippen LogP contribution in [0, 0.1) is 13.8 Å². The van der Waals surface area contributed by atoms with Gasteiger partial charge >= 0.3 is 0 Å². The number of ether oxygens (including phenoxy) is 1. The largest absolute Gasteiger partial charge is 0.377 e. The molecule has 41 heavy (non-hydrogen) atoms. The quantitative estimate of drug-likeness (QED) is 0.202. The van der Waals surface area contributed by atoms with E-state index in [0.717, 1.165) is 80.6 Å². The molecule has 0 spiro atoms. The van der Waals surface area contributed by atoms with E-state index in [4.69, 9.17) is 19.7 Å². The number of hydrogen-bond acceptors (Lipinski definition) is 7. The summed E-state index contributed by atoms with van der Waals surface area (Å²) in [6.45, 7) is 5.41. The normalized spacial score (nSPS) is 13.4. The minimum Gasteiger partial charge on any atom is -0.377 e. The lowest BCUT2D eigenvalue weighted by Gasteiger charge is -2.16. The molecule has 8 nitrogen and oxygen atoms in total. The number of nitrogens with one attached hydrogen (secondary N) is 3. The van der Waals surface area contributed by atoms with E-state index in [0.29, 0.717) is 6.61 Å². The Hall–Kier alpha value is -5.08. The van der Waals surface area contributed by atoms with Crippen LogP contribution >= 0.6 is 0 Å². The van der Waals surface area contributed by atoms with Crippen molar-refractivity contribution in [2.45, 2.75) is 20.3 Å². The molecule has 4 aromatic heterocycles. The number of imidazole rings is 1. The van der Waals surface area contributed by atoms with Crippen molar-refractivity contribution in [1.29, 1.82) is 0 Å². The molecule has 0 bridgehead atoms. The molecule has 202 valence electrons. The SMILES string of the molecule is Cc1cc(Nc2ccc3nc(-c4ccc(Nc5cc(C)nc6ccc(C7=CCOCC7)cc56)cn4)[nH]c3c2)ccn1. The fourth-order valence-corrected chi connectivity index (χ4v) is 5.21. The minimum absolute atomic E-state index is 0.664. The first-order valence-electron chi connectivity index (χ1n) is 13.7. The van der Waals surface area contributed by atoms with Crippen LogP contribution in [-0.2, 0) is 4.74 Å². The lowest BCUT2D eigenvalue weighted by Crippen LogP contribution is -2.04. The molecule has 0 unspecified atom stereocenters. The fraction of sp³-hybridized carbons (Fsp3) is 0.152. The predicted octanol–water partition coefficient (Wildman–Crippen LogP) is 7.48. The Morgan fingerprint density at radius 3 is 2.49 bits per heavy atom. The molecule has 0 atom stereocenters.